The van der Waals surface area contributed by atoms with Gasteiger partial charge in [0.2, 0.25) is 0 Å². The quantitative estimate of drug-likeness (QED) is 0.634. The van der Waals surface area contributed by atoms with E-state index in [0.29, 0.717) is 0 Å². The number of nitrogens with zero attached hydrogens (tertiary/aromatic N) is 1. The van der Waals surface area contributed by atoms with E-state index in [1.807, 2.05) is 37.7 Å². The van der Waals surface area contributed by atoms with Gasteiger partial charge >= 0.3 is 0 Å². The molecule has 0 bridgehead atoms. The van der Waals surface area contributed by atoms with Gasteiger partial charge in [0.25, 0.3) is 0 Å². The fraction of sp³-hybridized carbons (Fsp3) is 0.533. The summed E-state index contributed by atoms with van der Waals surface area (Å²) in [6, 6.07) is 10.4. The Hall–Kier alpha value is -0.650. The highest BCUT2D eigenvalue weighted by Crippen LogP contribution is 2.23. The zero-order valence-electron chi connectivity index (χ0n) is 11.1. The van der Waals surface area contributed by atoms with Crippen LogP contribution in [0.4, 0.5) is 0 Å². The van der Waals surface area contributed by atoms with Crippen LogP contribution in [0.25, 0.3) is 0 Å². The van der Waals surface area contributed by atoms with Gasteiger partial charge in [-0.25, -0.2) is 0 Å². The summed E-state index contributed by atoms with van der Waals surface area (Å²) >= 11 is 7.78. The Morgan fingerprint density at radius 3 is 2.50 bits per heavy atom. The summed E-state index contributed by atoms with van der Waals surface area (Å²) in [4.78, 5) is 0. The average Bonchev–Trinajstić information content (AvgIpc) is 2.36. The standard InChI is InChI=1S/C15H20ClNS/c1-15(2,12-17)9-3-4-10-18-11-13-5-7-14(16)8-6-13/h5-8H,3-4,9-11H2,1-2H3. The van der Waals surface area contributed by atoms with Crippen molar-refractivity contribution in [1.29, 1.82) is 5.26 Å². The van der Waals surface area contributed by atoms with E-state index >= 15 is 0 Å². The Kier molecular flexibility index (Phi) is 6.60. The highest BCUT2D eigenvalue weighted by atomic mass is 35.5. The van der Waals surface area contributed by atoms with Crippen LogP contribution >= 0.6 is 23.4 Å². The summed E-state index contributed by atoms with van der Waals surface area (Å²) in [5.41, 5.74) is 1.16. The number of hydrogen-bond acceptors (Lipinski definition) is 2. The highest BCUT2D eigenvalue weighted by Gasteiger charge is 2.15. The first kappa shape index (κ1) is 15.4. The van der Waals surface area contributed by atoms with Crippen molar-refractivity contribution in [2.45, 2.75) is 38.9 Å². The van der Waals surface area contributed by atoms with E-state index < -0.39 is 0 Å². The second-order valence-corrected chi connectivity index (χ2v) is 6.67. The first-order valence-corrected chi connectivity index (χ1v) is 7.80. The summed E-state index contributed by atoms with van der Waals surface area (Å²) in [5.74, 6) is 2.20. The minimum Gasteiger partial charge on any atom is -0.198 e. The molecule has 0 amide bonds. The van der Waals surface area contributed by atoms with Crippen molar-refractivity contribution >= 4 is 23.4 Å². The number of halogens is 1. The van der Waals surface area contributed by atoms with Crippen LogP contribution in [0.5, 0.6) is 0 Å². The molecule has 0 aromatic heterocycles. The van der Waals surface area contributed by atoms with Gasteiger partial charge in [0, 0.05) is 10.8 Å². The molecular weight excluding hydrogens is 262 g/mol. The molecule has 0 spiro atoms. The fourth-order valence-corrected chi connectivity index (χ4v) is 2.70. The molecule has 0 saturated heterocycles. The van der Waals surface area contributed by atoms with Gasteiger partial charge in [-0.2, -0.15) is 17.0 Å². The summed E-state index contributed by atoms with van der Waals surface area (Å²) in [6.45, 7) is 4.02. The summed E-state index contributed by atoms with van der Waals surface area (Å²) in [5, 5.41) is 9.70. The molecule has 0 aliphatic heterocycles. The van der Waals surface area contributed by atoms with Crippen LogP contribution in [-0.4, -0.2) is 5.75 Å². The van der Waals surface area contributed by atoms with Crippen molar-refractivity contribution in [2.24, 2.45) is 5.41 Å². The molecule has 0 saturated carbocycles. The lowest BCUT2D eigenvalue weighted by Crippen LogP contribution is -2.07. The van der Waals surface area contributed by atoms with E-state index in [-0.39, 0.29) is 5.41 Å². The normalized spacial score (nSPS) is 11.2. The molecule has 18 heavy (non-hydrogen) atoms. The Labute approximate surface area is 120 Å². The third-order valence-electron chi connectivity index (χ3n) is 2.83. The third kappa shape index (κ3) is 6.33. The van der Waals surface area contributed by atoms with Crippen molar-refractivity contribution in [3.63, 3.8) is 0 Å². The van der Waals surface area contributed by atoms with Gasteiger partial charge < -0.3 is 0 Å². The number of hydrogen-bond donors (Lipinski definition) is 0. The largest absolute Gasteiger partial charge is 0.198 e. The van der Waals surface area contributed by atoms with E-state index in [4.69, 9.17) is 16.9 Å². The minimum atomic E-state index is -0.166. The maximum Gasteiger partial charge on any atom is 0.0683 e. The molecular formula is C15H20ClNS. The summed E-state index contributed by atoms with van der Waals surface area (Å²) in [7, 11) is 0. The second kappa shape index (κ2) is 7.71. The Balaban J connectivity index is 2.09. The SMILES string of the molecule is CC(C)(C#N)CCCCSCc1ccc(Cl)cc1. The van der Waals surface area contributed by atoms with E-state index in [2.05, 4.69) is 18.2 Å². The zero-order chi connectivity index (χ0) is 13.4. The van der Waals surface area contributed by atoms with Gasteiger partial charge in [-0.1, -0.05) is 30.2 Å². The van der Waals surface area contributed by atoms with Gasteiger partial charge in [0.15, 0.2) is 0 Å². The molecule has 0 heterocycles. The van der Waals surface area contributed by atoms with Crippen LogP contribution in [0.15, 0.2) is 24.3 Å². The molecule has 1 aromatic rings. The molecule has 1 rings (SSSR count). The molecule has 0 unspecified atom stereocenters. The number of thioether (sulfide) groups is 1. The molecule has 98 valence electrons. The lowest BCUT2D eigenvalue weighted by Gasteiger charge is -2.13. The van der Waals surface area contributed by atoms with Crippen molar-refractivity contribution in [3.05, 3.63) is 34.9 Å². The van der Waals surface area contributed by atoms with Crippen molar-refractivity contribution in [3.8, 4) is 6.07 Å². The highest BCUT2D eigenvalue weighted by molar-refractivity contribution is 7.98. The van der Waals surface area contributed by atoms with Crippen molar-refractivity contribution < 1.29 is 0 Å². The summed E-state index contributed by atoms with van der Waals surface area (Å²) in [6.07, 6.45) is 3.31. The van der Waals surface area contributed by atoms with Crippen molar-refractivity contribution in [2.75, 3.05) is 5.75 Å². The Morgan fingerprint density at radius 1 is 1.22 bits per heavy atom. The van der Waals surface area contributed by atoms with Crippen LogP contribution < -0.4 is 0 Å². The molecule has 0 fully saturated rings. The van der Waals surface area contributed by atoms with Gasteiger partial charge in [0.1, 0.15) is 0 Å². The lowest BCUT2D eigenvalue weighted by molar-refractivity contribution is 0.433. The first-order chi connectivity index (χ1) is 8.53. The molecule has 1 aromatic carbocycles. The molecule has 3 heteroatoms. The van der Waals surface area contributed by atoms with Gasteiger partial charge in [-0.3, -0.25) is 0 Å². The first-order valence-electron chi connectivity index (χ1n) is 6.27. The maximum absolute atomic E-state index is 8.90. The van der Waals surface area contributed by atoms with E-state index in [0.717, 1.165) is 29.4 Å². The molecule has 0 atom stereocenters. The molecule has 1 nitrogen and oxygen atoms in total. The zero-order valence-corrected chi connectivity index (χ0v) is 12.7. The van der Waals surface area contributed by atoms with E-state index in [9.17, 15) is 0 Å². The Morgan fingerprint density at radius 2 is 1.89 bits per heavy atom. The minimum absolute atomic E-state index is 0.166. The molecule has 0 aliphatic carbocycles. The lowest BCUT2D eigenvalue weighted by atomic mass is 9.89. The van der Waals surface area contributed by atoms with Gasteiger partial charge in [-0.05, 0) is 50.1 Å². The van der Waals surface area contributed by atoms with Crippen LogP contribution in [-0.2, 0) is 5.75 Å². The second-order valence-electron chi connectivity index (χ2n) is 5.13. The number of unbranched alkanes of at least 4 members (excludes halogenated alkanes) is 1. The van der Waals surface area contributed by atoms with Crippen LogP contribution in [0.3, 0.4) is 0 Å². The molecule has 0 radical (unpaired) electrons. The fourth-order valence-electron chi connectivity index (χ4n) is 1.60. The van der Waals surface area contributed by atoms with Gasteiger partial charge in [-0.15, -0.1) is 0 Å². The number of rotatable bonds is 7. The third-order valence-corrected chi connectivity index (χ3v) is 4.19. The predicted molar refractivity (Wildman–Crippen MR) is 80.9 cm³/mol. The monoisotopic (exact) mass is 281 g/mol. The molecule has 0 N–H and O–H groups in total. The van der Waals surface area contributed by atoms with Gasteiger partial charge in [0.05, 0.1) is 11.5 Å². The Bertz CT molecular complexity index is 392. The average molecular weight is 282 g/mol. The van der Waals surface area contributed by atoms with Crippen molar-refractivity contribution in [1.82, 2.24) is 0 Å². The van der Waals surface area contributed by atoms with Crippen LogP contribution in [0.1, 0.15) is 38.7 Å². The van der Waals surface area contributed by atoms with Crippen LogP contribution in [0, 0.1) is 16.7 Å². The smallest absolute Gasteiger partial charge is 0.0683 e. The maximum atomic E-state index is 8.90. The van der Waals surface area contributed by atoms with E-state index in [1.54, 1.807) is 0 Å². The molecule has 0 aliphatic rings. The summed E-state index contributed by atoms with van der Waals surface area (Å²) < 4.78 is 0. The number of nitriles is 1. The predicted octanol–water partition coefficient (Wildman–Crippen LogP) is 5.29. The topological polar surface area (TPSA) is 23.8 Å². The van der Waals surface area contributed by atoms with Crippen LogP contribution in [0.2, 0.25) is 5.02 Å². The van der Waals surface area contributed by atoms with E-state index in [1.165, 1.54) is 12.0 Å². The number of benzene rings is 1.